The predicted molar refractivity (Wildman–Crippen MR) is 102 cm³/mol. The lowest BCUT2D eigenvalue weighted by Crippen LogP contribution is -2.54. The standard InChI is InChI=1S/C20H28N2O6/c1-20(2,3)28-13-15(17(23)22-11-7-10-16(22)18(24)25)21-19(26)27-12-14-8-5-4-6-9-14/h4-6,8-9,15-16H,7,10-13H2,1-3H3,(H,21,26)(H,24,25)/t15-,16-/m0/s1. The molecule has 2 amide bonds. The number of carboxylic acids is 1. The van der Waals surface area contributed by atoms with Gasteiger partial charge in [-0.25, -0.2) is 9.59 Å². The summed E-state index contributed by atoms with van der Waals surface area (Å²) in [6.07, 6.45) is 0.242. The molecule has 1 aromatic rings. The van der Waals surface area contributed by atoms with E-state index in [0.717, 1.165) is 5.56 Å². The van der Waals surface area contributed by atoms with Gasteiger partial charge >= 0.3 is 12.1 Å². The first kappa shape index (κ1) is 21.7. The van der Waals surface area contributed by atoms with Gasteiger partial charge in [0.15, 0.2) is 0 Å². The number of likely N-dealkylation sites (tertiary alicyclic amines) is 1. The predicted octanol–water partition coefficient (Wildman–Crippen LogP) is 2.17. The van der Waals surface area contributed by atoms with Gasteiger partial charge in [-0.1, -0.05) is 30.3 Å². The molecule has 8 nitrogen and oxygen atoms in total. The Morgan fingerprint density at radius 1 is 1.25 bits per heavy atom. The van der Waals surface area contributed by atoms with Crippen molar-refractivity contribution in [3.05, 3.63) is 35.9 Å². The lowest BCUT2D eigenvalue weighted by Gasteiger charge is -2.29. The van der Waals surface area contributed by atoms with Crippen LogP contribution >= 0.6 is 0 Å². The Bertz CT molecular complexity index is 686. The number of hydrogen-bond donors (Lipinski definition) is 2. The fraction of sp³-hybridized carbons (Fsp3) is 0.550. The summed E-state index contributed by atoms with van der Waals surface area (Å²) >= 11 is 0. The van der Waals surface area contributed by atoms with Gasteiger partial charge < -0.3 is 24.8 Å². The zero-order valence-corrected chi connectivity index (χ0v) is 16.5. The Morgan fingerprint density at radius 3 is 2.54 bits per heavy atom. The van der Waals surface area contributed by atoms with Crippen molar-refractivity contribution < 1.29 is 29.0 Å². The molecule has 1 saturated heterocycles. The van der Waals surface area contributed by atoms with E-state index >= 15 is 0 Å². The zero-order chi connectivity index (χ0) is 20.7. The minimum Gasteiger partial charge on any atom is -0.480 e. The van der Waals surface area contributed by atoms with Crippen LogP contribution in [0.15, 0.2) is 30.3 Å². The van der Waals surface area contributed by atoms with Crippen LogP contribution in [0.1, 0.15) is 39.2 Å². The van der Waals surface area contributed by atoms with Gasteiger partial charge in [-0.2, -0.15) is 0 Å². The van der Waals surface area contributed by atoms with Crippen molar-refractivity contribution in [1.29, 1.82) is 0 Å². The summed E-state index contributed by atoms with van der Waals surface area (Å²) in [5, 5.41) is 11.9. The maximum absolute atomic E-state index is 12.9. The van der Waals surface area contributed by atoms with Crippen molar-refractivity contribution in [2.45, 2.75) is 57.9 Å². The van der Waals surface area contributed by atoms with Crippen molar-refractivity contribution in [2.24, 2.45) is 0 Å². The molecule has 154 valence electrons. The van der Waals surface area contributed by atoms with Crippen LogP contribution < -0.4 is 5.32 Å². The quantitative estimate of drug-likeness (QED) is 0.737. The van der Waals surface area contributed by atoms with Crippen molar-refractivity contribution >= 4 is 18.0 Å². The van der Waals surface area contributed by atoms with E-state index in [4.69, 9.17) is 9.47 Å². The van der Waals surface area contributed by atoms with Crippen LogP contribution in [0.3, 0.4) is 0 Å². The van der Waals surface area contributed by atoms with E-state index < -0.39 is 35.7 Å². The molecule has 1 aromatic carbocycles. The molecule has 0 radical (unpaired) electrons. The molecule has 1 aliphatic heterocycles. The smallest absolute Gasteiger partial charge is 0.408 e. The first-order valence-corrected chi connectivity index (χ1v) is 9.32. The Labute approximate surface area is 164 Å². The van der Waals surface area contributed by atoms with E-state index in [1.165, 1.54) is 4.90 Å². The number of amides is 2. The summed E-state index contributed by atoms with van der Waals surface area (Å²) in [5.74, 6) is -1.53. The van der Waals surface area contributed by atoms with Crippen molar-refractivity contribution in [3.63, 3.8) is 0 Å². The third kappa shape index (κ3) is 6.53. The lowest BCUT2D eigenvalue weighted by molar-refractivity contribution is -0.150. The van der Waals surface area contributed by atoms with Gasteiger partial charge in [0.2, 0.25) is 5.91 Å². The van der Waals surface area contributed by atoms with Crippen LogP contribution in [-0.4, -0.2) is 58.8 Å². The van der Waals surface area contributed by atoms with Crippen LogP contribution in [0.4, 0.5) is 4.79 Å². The molecule has 1 fully saturated rings. The first-order valence-electron chi connectivity index (χ1n) is 9.32. The Morgan fingerprint density at radius 2 is 1.93 bits per heavy atom. The number of nitrogens with one attached hydrogen (secondary N) is 1. The molecule has 1 heterocycles. The van der Waals surface area contributed by atoms with Gasteiger partial charge in [-0.3, -0.25) is 4.79 Å². The van der Waals surface area contributed by atoms with Gasteiger partial charge in [-0.15, -0.1) is 0 Å². The molecule has 0 bridgehead atoms. The van der Waals surface area contributed by atoms with E-state index in [1.54, 1.807) is 0 Å². The van der Waals surface area contributed by atoms with Crippen LogP contribution in [0.5, 0.6) is 0 Å². The monoisotopic (exact) mass is 392 g/mol. The zero-order valence-electron chi connectivity index (χ0n) is 16.5. The summed E-state index contributed by atoms with van der Waals surface area (Å²) in [7, 11) is 0. The Hall–Kier alpha value is -2.61. The number of hydrogen-bond acceptors (Lipinski definition) is 5. The van der Waals surface area contributed by atoms with Crippen molar-refractivity contribution in [1.82, 2.24) is 10.2 Å². The molecule has 1 aliphatic rings. The van der Waals surface area contributed by atoms with E-state index in [9.17, 15) is 19.5 Å². The highest BCUT2D eigenvalue weighted by Gasteiger charge is 2.38. The Balaban J connectivity index is 2.02. The second kappa shape index (κ2) is 9.54. The van der Waals surface area contributed by atoms with Gasteiger partial charge in [0.05, 0.1) is 12.2 Å². The van der Waals surface area contributed by atoms with Crippen LogP contribution in [0.2, 0.25) is 0 Å². The number of carbonyl (C=O) groups excluding carboxylic acids is 2. The molecule has 2 N–H and O–H groups in total. The van der Waals surface area contributed by atoms with Crippen molar-refractivity contribution in [2.75, 3.05) is 13.2 Å². The van der Waals surface area contributed by atoms with Gasteiger partial charge in [0.1, 0.15) is 18.7 Å². The number of carbonyl (C=O) groups is 3. The Kier molecular flexibility index (Phi) is 7.39. The van der Waals surface area contributed by atoms with Gasteiger partial charge in [0.25, 0.3) is 0 Å². The SMILES string of the molecule is CC(C)(C)OC[C@H](NC(=O)OCc1ccccc1)C(=O)N1CCC[C@H]1C(=O)O. The van der Waals surface area contributed by atoms with Crippen LogP contribution in [0.25, 0.3) is 0 Å². The highest BCUT2D eigenvalue weighted by Crippen LogP contribution is 2.19. The molecule has 8 heteroatoms. The summed E-state index contributed by atoms with van der Waals surface area (Å²) in [6.45, 7) is 5.82. The number of aliphatic carboxylic acids is 1. The molecule has 0 unspecified atom stereocenters. The van der Waals surface area contributed by atoms with E-state index in [0.29, 0.717) is 19.4 Å². The summed E-state index contributed by atoms with van der Waals surface area (Å²) < 4.78 is 10.9. The minimum atomic E-state index is -1.05. The van der Waals surface area contributed by atoms with E-state index in [2.05, 4.69) is 5.32 Å². The summed E-state index contributed by atoms with van der Waals surface area (Å²) in [5.41, 5.74) is 0.294. The maximum Gasteiger partial charge on any atom is 0.408 e. The number of nitrogens with zero attached hydrogens (tertiary/aromatic N) is 1. The second-order valence-electron chi connectivity index (χ2n) is 7.71. The molecule has 0 spiro atoms. The third-order valence-electron chi connectivity index (χ3n) is 4.31. The molecule has 28 heavy (non-hydrogen) atoms. The average molecular weight is 392 g/mol. The molecule has 0 saturated carbocycles. The molecule has 0 aromatic heterocycles. The highest BCUT2D eigenvalue weighted by atomic mass is 16.5. The second-order valence-corrected chi connectivity index (χ2v) is 7.71. The van der Waals surface area contributed by atoms with Gasteiger partial charge in [0, 0.05) is 6.54 Å². The first-order chi connectivity index (χ1) is 13.2. The highest BCUT2D eigenvalue weighted by molar-refractivity contribution is 5.89. The normalized spacial score (nSPS) is 17.8. The third-order valence-corrected chi connectivity index (χ3v) is 4.31. The fourth-order valence-corrected chi connectivity index (χ4v) is 2.90. The number of rotatable bonds is 7. The summed E-state index contributed by atoms with van der Waals surface area (Å²) in [6, 6.07) is 7.26. The summed E-state index contributed by atoms with van der Waals surface area (Å²) in [4.78, 5) is 37.8. The van der Waals surface area contributed by atoms with Crippen molar-refractivity contribution in [3.8, 4) is 0 Å². The van der Waals surface area contributed by atoms with Gasteiger partial charge in [-0.05, 0) is 39.2 Å². The number of alkyl carbamates (subject to hydrolysis) is 1. The molecular formula is C20H28N2O6. The molecule has 2 atom stereocenters. The fourth-order valence-electron chi connectivity index (χ4n) is 2.90. The number of carboxylic acid groups (broad SMARTS) is 1. The largest absolute Gasteiger partial charge is 0.480 e. The van der Waals surface area contributed by atoms with Crippen LogP contribution in [0, 0.1) is 0 Å². The van der Waals surface area contributed by atoms with E-state index in [-0.39, 0.29) is 13.2 Å². The maximum atomic E-state index is 12.9. The lowest BCUT2D eigenvalue weighted by atomic mass is 10.1. The molecule has 2 rings (SSSR count). The minimum absolute atomic E-state index is 0.0647. The number of ether oxygens (including phenoxy) is 2. The molecule has 0 aliphatic carbocycles. The topological polar surface area (TPSA) is 105 Å². The van der Waals surface area contributed by atoms with E-state index in [1.807, 2.05) is 51.1 Å². The molecular weight excluding hydrogens is 364 g/mol. The number of benzene rings is 1. The average Bonchev–Trinajstić information content (AvgIpc) is 3.13. The van der Waals surface area contributed by atoms with Crippen LogP contribution in [-0.2, 0) is 25.7 Å².